The van der Waals surface area contributed by atoms with Crippen molar-refractivity contribution in [2.24, 2.45) is 5.73 Å². The van der Waals surface area contributed by atoms with Gasteiger partial charge in [0.05, 0.1) is 0 Å². The number of rotatable bonds is 5. The van der Waals surface area contributed by atoms with Gasteiger partial charge in [-0.25, -0.2) is 0 Å². The van der Waals surface area contributed by atoms with Crippen LogP contribution in [0, 0.1) is 0 Å². The van der Waals surface area contributed by atoms with Gasteiger partial charge in [-0.2, -0.15) is 0 Å². The molecule has 0 saturated heterocycles. The minimum absolute atomic E-state index is 0.0415. The van der Waals surface area contributed by atoms with Gasteiger partial charge in [0.25, 0.3) is 0 Å². The predicted molar refractivity (Wildman–Crippen MR) is 56.9 cm³/mol. The highest BCUT2D eigenvalue weighted by Gasteiger charge is 1.99. The molecule has 1 rings (SSSR count). The average molecular weight is 198 g/mol. The van der Waals surface area contributed by atoms with Gasteiger partial charge in [-0.1, -0.05) is 12.1 Å². The molecule has 4 heteroatoms. The Balaban J connectivity index is 2.66. The summed E-state index contributed by atoms with van der Waals surface area (Å²) in [5, 5.41) is 11.6. The second kappa shape index (κ2) is 5.85. The molecule has 0 aliphatic carbocycles. The third kappa shape index (κ3) is 3.26. The van der Waals surface area contributed by atoms with Crippen LogP contribution in [0.25, 0.3) is 0 Å². The van der Waals surface area contributed by atoms with E-state index in [4.69, 9.17) is 10.8 Å². The van der Waals surface area contributed by atoms with E-state index in [9.17, 15) is 0 Å². The average Bonchev–Trinajstić information content (AvgIpc) is 2.17. The molecule has 1 aromatic rings. The van der Waals surface area contributed by atoms with Crippen LogP contribution in [0.3, 0.4) is 0 Å². The zero-order valence-corrected chi connectivity index (χ0v) is 8.18. The number of anilines is 1. The number of para-hydroxylation sites is 1. The molecule has 0 spiro atoms. The lowest BCUT2D eigenvalue weighted by atomic mass is 10.3. The summed E-state index contributed by atoms with van der Waals surface area (Å²) in [6.07, 6.45) is 0. The van der Waals surface area contributed by atoms with E-state index in [1.165, 1.54) is 0 Å². The fourth-order valence-corrected chi connectivity index (χ4v) is 1.80. The summed E-state index contributed by atoms with van der Waals surface area (Å²) in [5.74, 6) is 0.893. The van der Waals surface area contributed by atoms with E-state index in [1.54, 1.807) is 11.8 Å². The number of benzene rings is 1. The second-order valence-electron chi connectivity index (χ2n) is 2.47. The molecule has 72 valence electrons. The van der Waals surface area contributed by atoms with Crippen molar-refractivity contribution in [1.82, 2.24) is 0 Å². The van der Waals surface area contributed by atoms with E-state index in [-0.39, 0.29) is 6.73 Å². The first-order valence-electron chi connectivity index (χ1n) is 4.15. The molecule has 0 aliphatic heterocycles. The topological polar surface area (TPSA) is 58.3 Å². The first-order chi connectivity index (χ1) is 6.38. The first kappa shape index (κ1) is 10.4. The summed E-state index contributed by atoms with van der Waals surface area (Å²) in [4.78, 5) is 1.13. The van der Waals surface area contributed by atoms with Crippen molar-refractivity contribution in [2.75, 3.05) is 24.3 Å². The van der Waals surface area contributed by atoms with Gasteiger partial charge in [0.15, 0.2) is 0 Å². The Hall–Kier alpha value is -0.710. The van der Waals surface area contributed by atoms with E-state index >= 15 is 0 Å². The van der Waals surface area contributed by atoms with Crippen molar-refractivity contribution < 1.29 is 5.11 Å². The van der Waals surface area contributed by atoms with Crippen LogP contribution in [0.1, 0.15) is 0 Å². The van der Waals surface area contributed by atoms with Gasteiger partial charge in [-0.3, -0.25) is 0 Å². The van der Waals surface area contributed by atoms with Crippen LogP contribution in [0.4, 0.5) is 5.69 Å². The number of aliphatic hydroxyl groups is 1. The molecule has 0 aromatic heterocycles. The SMILES string of the molecule is NCCSc1ccccc1NCO. The summed E-state index contributed by atoms with van der Waals surface area (Å²) < 4.78 is 0. The number of nitrogens with one attached hydrogen (secondary N) is 1. The van der Waals surface area contributed by atoms with Gasteiger partial charge in [0, 0.05) is 22.9 Å². The quantitative estimate of drug-likeness (QED) is 0.490. The largest absolute Gasteiger partial charge is 0.377 e. The monoisotopic (exact) mass is 198 g/mol. The minimum Gasteiger partial charge on any atom is -0.377 e. The van der Waals surface area contributed by atoms with Gasteiger partial charge in [-0.15, -0.1) is 11.8 Å². The number of nitrogens with two attached hydrogens (primary N) is 1. The van der Waals surface area contributed by atoms with Gasteiger partial charge >= 0.3 is 0 Å². The number of aliphatic hydroxyl groups excluding tert-OH is 1. The molecule has 0 bridgehead atoms. The lowest BCUT2D eigenvalue weighted by Crippen LogP contribution is -2.03. The summed E-state index contributed by atoms with van der Waals surface area (Å²) in [5.41, 5.74) is 6.37. The van der Waals surface area contributed by atoms with Crippen LogP contribution in [0.15, 0.2) is 29.2 Å². The second-order valence-corrected chi connectivity index (χ2v) is 3.60. The highest BCUT2D eigenvalue weighted by Crippen LogP contribution is 2.25. The van der Waals surface area contributed by atoms with Crippen molar-refractivity contribution in [3.05, 3.63) is 24.3 Å². The molecule has 0 aliphatic rings. The fraction of sp³-hybridized carbons (Fsp3) is 0.333. The maximum atomic E-state index is 8.72. The molecule has 4 N–H and O–H groups in total. The Morgan fingerprint density at radius 2 is 2.15 bits per heavy atom. The van der Waals surface area contributed by atoms with Crippen molar-refractivity contribution in [1.29, 1.82) is 0 Å². The van der Waals surface area contributed by atoms with Gasteiger partial charge in [0.2, 0.25) is 0 Å². The zero-order chi connectivity index (χ0) is 9.52. The third-order valence-electron chi connectivity index (χ3n) is 1.53. The third-order valence-corrected chi connectivity index (χ3v) is 2.64. The van der Waals surface area contributed by atoms with Gasteiger partial charge in [0.1, 0.15) is 6.73 Å². The smallest absolute Gasteiger partial charge is 0.113 e. The molecule has 0 radical (unpaired) electrons. The number of thioether (sulfide) groups is 1. The molecule has 0 atom stereocenters. The van der Waals surface area contributed by atoms with Crippen LogP contribution in [0.5, 0.6) is 0 Å². The summed E-state index contributed by atoms with van der Waals surface area (Å²) >= 11 is 1.69. The van der Waals surface area contributed by atoms with Crippen LogP contribution >= 0.6 is 11.8 Å². The lowest BCUT2D eigenvalue weighted by molar-refractivity contribution is 0.325. The highest BCUT2D eigenvalue weighted by atomic mass is 32.2. The Kier molecular flexibility index (Phi) is 4.67. The molecule has 0 heterocycles. The Morgan fingerprint density at radius 3 is 2.85 bits per heavy atom. The molecule has 0 fully saturated rings. The molecule has 1 aromatic carbocycles. The maximum absolute atomic E-state index is 8.72. The Morgan fingerprint density at radius 1 is 1.38 bits per heavy atom. The highest BCUT2D eigenvalue weighted by molar-refractivity contribution is 7.99. The predicted octanol–water partition coefficient (Wildman–Crippen LogP) is 1.10. The van der Waals surface area contributed by atoms with Crippen molar-refractivity contribution >= 4 is 17.4 Å². The Labute approximate surface area is 82.3 Å². The van der Waals surface area contributed by atoms with E-state index in [2.05, 4.69) is 5.32 Å². The number of hydrogen-bond donors (Lipinski definition) is 3. The van der Waals surface area contributed by atoms with Crippen LogP contribution in [-0.2, 0) is 0 Å². The molecule has 3 nitrogen and oxygen atoms in total. The van der Waals surface area contributed by atoms with Crippen molar-refractivity contribution in [3.8, 4) is 0 Å². The minimum atomic E-state index is -0.0415. The van der Waals surface area contributed by atoms with Crippen LogP contribution < -0.4 is 11.1 Å². The van der Waals surface area contributed by atoms with E-state index < -0.39 is 0 Å². The Bertz CT molecular complexity index is 255. The van der Waals surface area contributed by atoms with E-state index in [0.717, 1.165) is 16.3 Å². The zero-order valence-electron chi connectivity index (χ0n) is 7.36. The maximum Gasteiger partial charge on any atom is 0.113 e. The van der Waals surface area contributed by atoms with E-state index in [1.807, 2.05) is 24.3 Å². The van der Waals surface area contributed by atoms with Crippen LogP contribution in [0.2, 0.25) is 0 Å². The van der Waals surface area contributed by atoms with E-state index in [0.29, 0.717) is 6.54 Å². The molecule has 0 saturated carbocycles. The molecular formula is C9H14N2OS. The standard InChI is InChI=1S/C9H14N2OS/c10-5-6-13-9-4-2-1-3-8(9)11-7-12/h1-4,11-12H,5-7,10H2. The molecular weight excluding hydrogens is 184 g/mol. The van der Waals surface area contributed by atoms with Gasteiger partial charge in [-0.05, 0) is 12.1 Å². The van der Waals surface area contributed by atoms with Gasteiger partial charge < -0.3 is 16.2 Å². The summed E-state index contributed by atoms with van der Waals surface area (Å²) in [7, 11) is 0. The first-order valence-corrected chi connectivity index (χ1v) is 5.13. The molecule has 0 amide bonds. The van der Waals surface area contributed by atoms with Crippen LogP contribution in [-0.4, -0.2) is 24.1 Å². The molecule has 0 unspecified atom stereocenters. The summed E-state index contributed by atoms with van der Waals surface area (Å²) in [6.45, 7) is 0.623. The molecule has 13 heavy (non-hydrogen) atoms. The summed E-state index contributed by atoms with van der Waals surface area (Å²) in [6, 6.07) is 7.86. The van der Waals surface area contributed by atoms with Crippen molar-refractivity contribution in [3.63, 3.8) is 0 Å². The van der Waals surface area contributed by atoms with Crippen molar-refractivity contribution in [2.45, 2.75) is 4.90 Å². The lowest BCUT2D eigenvalue weighted by Gasteiger charge is -2.08. The number of hydrogen-bond acceptors (Lipinski definition) is 4. The normalized spacial score (nSPS) is 10.0. The fourth-order valence-electron chi connectivity index (χ4n) is 0.993.